The second kappa shape index (κ2) is 3.23. The Kier molecular flexibility index (Phi) is 2.03. The predicted octanol–water partition coefficient (Wildman–Crippen LogP) is 0.745. The largest absolute Gasteiger partial charge is 0.481 e. The Bertz CT molecular complexity index is 533. The van der Waals surface area contributed by atoms with Crippen LogP contribution < -0.4 is 4.74 Å². The zero-order valence-corrected chi connectivity index (χ0v) is 8.26. The van der Waals surface area contributed by atoms with Crippen LogP contribution in [0.4, 0.5) is 0 Å². The van der Waals surface area contributed by atoms with Gasteiger partial charge in [-0.1, -0.05) is 0 Å². The highest BCUT2D eigenvalue weighted by molar-refractivity contribution is 5.86. The monoisotopic (exact) mass is 207 g/mol. The highest BCUT2D eigenvalue weighted by Gasteiger charge is 2.12. The fourth-order valence-corrected chi connectivity index (χ4v) is 1.32. The Morgan fingerprint density at radius 3 is 2.87 bits per heavy atom. The van der Waals surface area contributed by atoms with Crippen molar-refractivity contribution in [2.24, 2.45) is 0 Å². The van der Waals surface area contributed by atoms with Gasteiger partial charge in [-0.15, -0.1) is 0 Å². The number of ether oxygens (including phenoxy) is 1. The molecule has 2 aromatic rings. The molecule has 0 aliphatic rings. The number of carbonyl (C=O) groups is 1. The van der Waals surface area contributed by atoms with Gasteiger partial charge in [0.25, 0.3) is 0 Å². The lowest BCUT2D eigenvalue weighted by atomic mass is 10.4. The number of aromatic nitrogens is 3. The summed E-state index contributed by atoms with van der Waals surface area (Å²) in [6.45, 7) is 1.80. The molecule has 0 amide bonds. The molecule has 0 spiro atoms. The van der Waals surface area contributed by atoms with E-state index in [0.29, 0.717) is 11.5 Å². The molecule has 2 heterocycles. The van der Waals surface area contributed by atoms with E-state index in [0.717, 1.165) is 5.69 Å². The molecule has 2 rings (SSSR count). The van der Waals surface area contributed by atoms with E-state index in [1.54, 1.807) is 13.0 Å². The van der Waals surface area contributed by atoms with Crippen LogP contribution in [0.25, 0.3) is 5.65 Å². The van der Waals surface area contributed by atoms with E-state index < -0.39 is 5.97 Å². The van der Waals surface area contributed by atoms with Gasteiger partial charge in [-0.3, -0.25) is 0 Å². The van der Waals surface area contributed by atoms with Crippen LogP contribution in [0.5, 0.6) is 5.88 Å². The summed E-state index contributed by atoms with van der Waals surface area (Å²) in [6.07, 6.45) is 0. The second-order valence-corrected chi connectivity index (χ2v) is 3.04. The van der Waals surface area contributed by atoms with Gasteiger partial charge < -0.3 is 9.84 Å². The van der Waals surface area contributed by atoms with Gasteiger partial charge in [-0.05, 0) is 6.92 Å². The molecule has 0 aliphatic heterocycles. The molecule has 6 heteroatoms. The molecule has 0 bridgehead atoms. The lowest BCUT2D eigenvalue weighted by Gasteiger charge is -2.03. The molecule has 0 atom stereocenters. The van der Waals surface area contributed by atoms with E-state index >= 15 is 0 Å². The van der Waals surface area contributed by atoms with Crippen molar-refractivity contribution in [3.8, 4) is 5.88 Å². The van der Waals surface area contributed by atoms with Gasteiger partial charge in [0.2, 0.25) is 5.88 Å². The number of carboxylic acid groups (broad SMARTS) is 1. The standard InChI is InChI=1S/C9H9N3O3/c1-5-3-7-10-6(9(13)14)4-8(15-2)12(7)11-5/h3-4H,1-2H3,(H,13,14). The fraction of sp³-hybridized carbons (Fsp3) is 0.222. The van der Waals surface area contributed by atoms with Crippen molar-refractivity contribution in [3.05, 3.63) is 23.5 Å². The minimum Gasteiger partial charge on any atom is -0.481 e. The van der Waals surface area contributed by atoms with Crippen molar-refractivity contribution in [1.29, 1.82) is 0 Å². The summed E-state index contributed by atoms with van der Waals surface area (Å²) in [5, 5.41) is 12.9. The van der Waals surface area contributed by atoms with E-state index in [9.17, 15) is 4.79 Å². The van der Waals surface area contributed by atoms with E-state index in [2.05, 4.69) is 10.1 Å². The number of aryl methyl sites for hydroxylation is 1. The van der Waals surface area contributed by atoms with Crippen LogP contribution in [0.15, 0.2) is 12.1 Å². The SMILES string of the molecule is COc1cc(C(=O)O)nc2cc(C)nn12. The maximum Gasteiger partial charge on any atom is 0.354 e. The number of rotatable bonds is 2. The molecule has 0 aliphatic carbocycles. The minimum atomic E-state index is -1.09. The second-order valence-electron chi connectivity index (χ2n) is 3.04. The van der Waals surface area contributed by atoms with Crippen LogP contribution >= 0.6 is 0 Å². The van der Waals surface area contributed by atoms with E-state index in [1.807, 2.05) is 0 Å². The molecule has 0 saturated carbocycles. The smallest absolute Gasteiger partial charge is 0.354 e. The summed E-state index contributed by atoms with van der Waals surface area (Å²) < 4.78 is 6.49. The molecule has 2 aromatic heterocycles. The van der Waals surface area contributed by atoms with Gasteiger partial charge in [0.15, 0.2) is 11.3 Å². The quantitative estimate of drug-likeness (QED) is 0.786. The molecular formula is C9H9N3O3. The summed E-state index contributed by atoms with van der Waals surface area (Å²) >= 11 is 0. The number of aromatic carboxylic acids is 1. The number of hydrogen-bond acceptors (Lipinski definition) is 4. The number of nitrogens with zero attached hydrogens (tertiary/aromatic N) is 3. The van der Waals surface area contributed by atoms with Crippen LogP contribution in [0.3, 0.4) is 0 Å². The third kappa shape index (κ3) is 1.50. The maximum absolute atomic E-state index is 10.8. The van der Waals surface area contributed by atoms with Crippen molar-refractivity contribution < 1.29 is 14.6 Å². The van der Waals surface area contributed by atoms with E-state index in [1.165, 1.54) is 17.7 Å². The third-order valence-corrected chi connectivity index (χ3v) is 1.94. The van der Waals surface area contributed by atoms with Crippen molar-refractivity contribution >= 4 is 11.6 Å². The molecule has 0 radical (unpaired) electrons. The number of carboxylic acids is 1. The molecule has 0 unspecified atom stereocenters. The fourth-order valence-electron chi connectivity index (χ4n) is 1.32. The van der Waals surface area contributed by atoms with Crippen molar-refractivity contribution in [2.45, 2.75) is 6.92 Å². The first-order valence-corrected chi connectivity index (χ1v) is 4.26. The van der Waals surface area contributed by atoms with Gasteiger partial charge in [0.1, 0.15) is 0 Å². The van der Waals surface area contributed by atoms with Gasteiger partial charge in [0, 0.05) is 12.1 Å². The zero-order chi connectivity index (χ0) is 11.0. The summed E-state index contributed by atoms with van der Waals surface area (Å²) in [5.74, 6) is -0.736. The van der Waals surface area contributed by atoms with Crippen LogP contribution in [0.2, 0.25) is 0 Å². The summed E-state index contributed by atoms with van der Waals surface area (Å²) in [5.41, 5.74) is 1.16. The molecule has 0 fully saturated rings. The van der Waals surface area contributed by atoms with Gasteiger partial charge in [-0.25, -0.2) is 9.78 Å². The maximum atomic E-state index is 10.8. The first-order chi connectivity index (χ1) is 7.11. The first kappa shape index (κ1) is 9.45. The Balaban J connectivity index is 2.76. The number of methoxy groups -OCH3 is 1. The van der Waals surface area contributed by atoms with Gasteiger partial charge >= 0.3 is 5.97 Å². The Morgan fingerprint density at radius 1 is 1.53 bits per heavy atom. The lowest BCUT2D eigenvalue weighted by molar-refractivity contribution is 0.0690. The summed E-state index contributed by atoms with van der Waals surface area (Å²) in [6, 6.07) is 3.02. The molecule has 0 saturated heterocycles. The predicted molar refractivity (Wildman–Crippen MR) is 51.2 cm³/mol. The van der Waals surface area contributed by atoms with Crippen LogP contribution in [-0.4, -0.2) is 32.8 Å². The van der Waals surface area contributed by atoms with Gasteiger partial charge in [0.05, 0.1) is 12.8 Å². The molecule has 15 heavy (non-hydrogen) atoms. The van der Waals surface area contributed by atoms with Gasteiger partial charge in [-0.2, -0.15) is 9.61 Å². The number of hydrogen-bond donors (Lipinski definition) is 1. The Hall–Kier alpha value is -2.11. The van der Waals surface area contributed by atoms with Crippen molar-refractivity contribution in [3.63, 3.8) is 0 Å². The lowest BCUT2D eigenvalue weighted by Crippen LogP contribution is -2.05. The Labute approximate surface area is 85.1 Å². The van der Waals surface area contributed by atoms with Crippen molar-refractivity contribution in [1.82, 2.24) is 14.6 Å². The number of fused-ring (bicyclic) bond motifs is 1. The highest BCUT2D eigenvalue weighted by Crippen LogP contribution is 2.15. The van der Waals surface area contributed by atoms with Crippen LogP contribution in [-0.2, 0) is 0 Å². The molecule has 0 aromatic carbocycles. The molecule has 6 nitrogen and oxygen atoms in total. The molecular weight excluding hydrogens is 198 g/mol. The average molecular weight is 207 g/mol. The topological polar surface area (TPSA) is 76.7 Å². The first-order valence-electron chi connectivity index (χ1n) is 4.26. The normalized spacial score (nSPS) is 10.5. The van der Waals surface area contributed by atoms with E-state index in [4.69, 9.17) is 9.84 Å². The zero-order valence-electron chi connectivity index (χ0n) is 8.26. The molecule has 78 valence electrons. The summed E-state index contributed by atoms with van der Waals surface area (Å²) in [7, 11) is 1.46. The average Bonchev–Trinajstić information content (AvgIpc) is 2.56. The molecule has 1 N–H and O–H groups in total. The highest BCUT2D eigenvalue weighted by atomic mass is 16.5. The third-order valence-electron chi connectivity index (χ3n) is 1.94. The van der Waals surface area contributed by atoms with Crippen LogP contribution in [0.1, 0.15) is 16.2 Å². The van der Waals surface area contributed by atoms with E-state index in [-0.39, 0.29) is 5.69 Å². The Morgan fingerprint density at radius 2 is 2.27 bits per heavy atom. The van der Waals surface area contributed by atoms with Crippen molar-refractivity contribution in [2.75, 3.05) is 7.11 Å². The van der Waals surface area contributed by atoms with Crippen LogP contribution in [0, 0.1) is 6.92 Å². The minimum absolute atomic E-state index is 0.0562. The summed E-state index contributed by atoms with van der Waals surface area (Å²) in [4.78, 5) is 14.7.